The minimum atomic E-state index is -0.0727. The molecular weight excluding hydrogens is 240 g/mol. The van der Waals surface area contributed by atoms with Gasteiger partial charge in [-0.05, 0) is 19.1 Å². The lowest BCUT2D eigenvalue weighted by Crippen LogP contribution is -2.52. The summed E-state index contributed by atoms with van der Waals surface area (Å²) in [5.41, 5.74) is 1.07. The average Bonchev–Trinajstić information content (AvgIpc) is 2.42. The third-order valence-electron chi connectivity index (χ3n) is 3.31. The van der Waals surface area contributed by atoms with Crippen LogP contribution in [0.25, 0.3) is 0 Å². The summed E-state index contributed by atoms with van der Waals surface area (Å²) in [7, 11) is 0. The highest BCUT2D eigenvalue weighted by Gasteiger charge is 2.20. The van der Waals surface area contributed by atoms with Crippen molar-refractivity contribution in [2.24, 2.45) is 0 Å². The average molecular weight is 258 g/mol. The summed E-state index contributed by atoms with van der Waals surface area (Å²) in [6.07, 6.45) is 0. The number of nitrogens with zero attached hydrogens (tertiary/aromatic N) is 2. The van der Waals surface area contributed by atoms with Crippen molar-refractivity contribution in [3.05, 3.63) is 29.8 Å². The van der Waals surface area contributed by atoms with Gasteiger partial charge in [0.25, 0.3) is 0 Å². The number of hydrogen-bond donors (Lipinski definition) is 2. The molecule has 1 aliphatic rings. The van der Waals surface area contributed by atoms with Crippen LogP contribution < -0.4 is 10.6 Å². The SMILES string of the molecule is C[C@H]1CNCCN1CC(=O)Nc1ccccc1C#N. The summed E-state index contributed by atoms with van der Waals surface area (Å²) in [6, 6.07) is 9.47. The number of nitrogens with one attached hydrogen (secondary N) is 2. The fourth-order valence-corrected chi connectivity index (χ4v) is 2.18. The first-order valence-corrected chi connectivity index (χ1v) is 6.44. The van der Waals surface area contributed by atoms with Crippen LogP contribution in [0.1, 0.15) is 12.5 Å². The molecule has 1 aromatic rings. The maximum Gasteiger partial charge on any atom is 0.238 e. The molecule has 1 heterocycles. The Labute approximate surface area is 113 Å². The molecular formula is C14H18N4O. The molecule has 0 aromatic heterocycles. The molecule has 1 atom stereocenters. The monoisotopic (exact) mass is 258 g/mol. The molecule has 1 saturated heterocycles. The standard InChI is InChI=1S/C14H18N4O/c1-11-9-16-6-7-18(11)10-14(19)17-13-5-3-2-4-12(13)8-15/h2-5,11,16H,6-7,9-10H2,1H3,(H,17,19)/t11-/m0/s1. The Morgan fingerprint density at radius 3 is 3.11 bits per heavy atom. The van der Waals surface area contributed by atoms with Crippen molar-refractivity contribution in [3.63, 3.8) is 0 Å². The Hall–Kier alpha value is -1.90. The highest BCUT2D eigenvalue weighted by atomic mass is 16.2. The molecule has 1 aromatic carbocycles. The molecule has 0 aliphatic carbocycles. The van der Waals surface area contributed by atoms with Gasteiger partial charge in [-0.25, -0.2) is 0 Å². The minimum absolute atomic E-state index is 0.0727. The minimum Gasteiger partial charge on any atom is -0.324 e. The third kappa shape index (κ3) is 3.53. The molecule has 2 N–H and O–H groups in total. The number of carbonyl (C=O) groups excluding carboxylic acids is 1. The van der Waals surface area contributed by atoms with E-state index in [0.717, 1.165) is 19.6 Å². The van der Waals surface area contributed by atoms with Crippen LogP contribution in [0.3, 0.4) is 0 Å². The number of carbonyl (C=O) groups is 1. The Morgan fingerprint density at radius 1 is 1.58 bits per heavy atom. The van der Waals surface area contributed by atoms with Gasteiger partial charge in [-0.1, -0.05) is 12.1 Å². The van der Waals surface area contributed by atoms with Crippen molar-refractivity contribution >= 4 is 11.6 Å². The maximum absolute atomic E-state index is 12.0. The molecule has 0 radical (unpaired) electrons. The van der Waals surface area contributed by atoms with Crippen molar-refractivity contribution in [1.29, 1.82) is 5.26 Å². The van der Waals surface area contributed by atoms with Gasteiger partial charge in [0.2, 0.25) is 5.91 Å². The van der Waals surface area contributed by atoms with Gasteiger partial charge in [-0.2, -0.15) is 5.26 Å². The third-order valence-corrected chi connectivity index (χ3v) is 3.31. The van der Waals surface area contributed by atoms with Crippen LogP contribution in [0.4, 0.5) is 5.69 Å². The lowest BCUT2D eigenvalue weighted by molar-refractivity contribution is -0.118. The lowest BCUT2D eigenvalue weighted by Gasteiger charge is -2.33. The van der Waals surface area contributed by atoms with E-state index in [4.69, 9.17) is 5.26 Å². The second kappa shape index (κ2) is 6.32. The predicted molar refractivity (Wildman–Crippen MR) is 73.7 cm³/mol. The molecule has 19 heavy (non-hydrogen) atoms. The number of nitriles is 1. The first-order chi connectivity index (χ1) is 9.20. The molecule has 100 valence electrons. The molecule has 5 heteroatoms. The van der Waals surface area contributed by atoms with Crippen LogP contribution in [0.5, 0.6) is 0 Å². The van der Waals surface area contributed by atoms with E-state index in [2.05, 4.69) is 28.5 Å². The number of benzene rings is 1. The van der Waals surface area contributed by atoms with E-state index in [1.165, 1.54) is 0 Å². The molecule has 0 saturated carbocycles. The molecule has 5 nitrogen and oxygen atoms in total. The summed E-state index contributed by atoms with van der Waals surface area (Å²) in [6.45, 7) is 5.15. The van der Waals surface area contributed by atoms with E-state index in [9.17, 15) is 4.79 Å². The van der Waals surface area contributed by atoms with Crippen LogP contribution in [0.15, 0.2) is 24.3 Å². The smallest absolute Gasteiger partial charge is 0.238 e. The van der Waals surface area contributed by atoms with Gasteiger partial charge in [-0.3, -0.25) is 9.69 Å². The zero-order valence-electron chi connectivity index (χ0n) is 11.0. The van der Waals surface area contributed by atoms with Crippen LogP contribution in [0.2, 0.25) is 0 Å². The van der Waals surface area contributed by atoms with Crippen LogP contribution >= 0.6 is 0 Å². The van der Waals surface area contributed by atoms with E-state index >= 15 is 0 Å². The Kier molecular flexibility index (Phi) is 4.50. The Bertz CT molecular complexity index is 494. The molecule has 2 rings (SSSR count). The molecule has 1 aliphatic heterocycles. The van der Waals surface area contributed by atoms with Crippen LogP contribution in [-0.2, 0) is 4.79 Å². The number of rotatable bonds is 3. The van der Waals surface area contributed by atoms with E-state index in [1.54, 1.807) is 18.2 Å². The Balaban J connectivity index is 1.96. The molecule has 1 amide bonds. The van der Waals surface area contributed by atoms with Gasteiger partial charge in [0.05, 0.1) is 17.8 Å². The van der Waals surface area contributed by atoms with Gasteiger partial charge in [-0.15, -0.1) is 0 Å². The summed E-state index contributed by atoms with van der Waals surface area (Å²) in [4.78, 5) is 14.2. The van der Waals surface area contributed by atoms with Crippen molar-refractivity contribution < 1.29 is 4.79 Å². The van der Waals surface area contributed by atoms with E-state index < -0.39 is 0 Å². The van der Waals surface area contributed by atoms with Crippen LogP contribution in [-0.4, -0.2) is 43.0 Å². The number of anilines is 1. The molecule has 0 spiro atoms. The van der Waals surface area contributed by atoms with Gasteiger partial charge in [0.1, 0.15) is 6.07 Å². The van der Waals surface area contributed by atoms with Crippen molar-refractivity contribution in [3.8, 4) is 6.07 Å². The zero-order chi connectivity index (χ0) is 13.7. The summed E-state index contributed by atoms with van der Waals surface area (Å²) in [5, 5.41) is 15.1. The zero-order valence-corrected chi connectivity index (χ0v) is 11.0. The van der Waals surface area contributed by atoms with Gasteiger partial charge in [0, 0.05) is 25.7 Å². The number of piperazine rings is 1. The van der Waals surface area contributed by atoms with E-state index in [1.807, 2.05) is 6.07 Å². The normalized spacial score (nSPS) is 19.7. The van der Waals surface area contributed by atoms with Crippen molar-refractivity contribution in [2.45, 2.75) is 13.0 Å². The van der Waals surface area contributed by atoms with E-state index in [-0.39, 0.29) is 5.91 Å². The topological polar surface area (TPSA) is 68.2 Å². The largest absolute Gasteiger partial charge is 0.324 e. The number of para-hydroxylation sites is 1. The van der Waals surface area contributed by atoms with Gasteiger partial charge in [0.15, 0.2) is 0 Å². The quantitative estimate of drug-likeness (QED) is 0.841. The highest BCUT2D eigenvalue weighted by molar-refractivity contribution is 5.93. The van der Waals surface area contributed by atoms with E-state index in [0.29, 0.717) is 23.8 Å². The van der Waals surface area contributed by atoms with Crippen molar-refractivity contribution in [2.75, 3.05) is 31.5 Å². The summed E-state index contributed by atoms with van der Waals surface area (Å²) < 4.78 is 0. The molecule has 0 unspecified atom stereocenters. The summed E-state index contributed by atoms with van der Waals surface area (Å²) >= 11 is 0. The number of amides is 1. The second-order valence-electron chi connectivity index (χ2n) is 4.73. The maximum atomic E-state index is 12.0. The Morgan fingerprint density at radius 2 is 2.37 bits per heavy atom. The van der Waals surface area contributed by atoms with Crippen molar-refractivity contribution in [1.82, 2.24) is 10.2 Å². The van der Waals surface area contributed by atoms with Gasteiger partial charge < -0.3 is 10.6 Å². The fourth-order valence-electron chi connectivity index (χ4n) is 2.18. The first-order valence-electron chi connectivity index (χ1n) is 6.44. The summed E-state index contributed by atoms with van der Waals surface area (Å²) in [5.74, 6) is -0.0727. The number of hydrogen-bond acceptors (Lipinski definition) is 4. The van der Waals surface area contributed by atoms with Crippen LogP contribution in [0, 0.1) is 11.3 Å². The fraction of sp³-hybridized carbons (Fsp3) is 0.429. The second-order valence-corrected chi connectivity index (χ2v) is 4.73. The lowest BCUT2D eigenvalue weighted by atomic mass is 10.2. The molecule has 1 fully saturated rings. The molecule has 0 bridgehead atoms. The first kappa shape index (κ1) is 13.5. The highest BCUT2D eigenvalue weighted by Crippen LogP contribution is 2.13. The predicted octanol–water partition coefficient (Wildman–Crippen LogP) is 0.790. The van der Waals surface area contributed by atoms with Gasteiger partial charge >= 0.3 is 0 Å².